The molecule has 0 saturated carbocycles. The predicted octanol–water partition coefficient (Wildman–Crippen LogP) is 2.16. The van der Waals surface area contributed by atoms with Gasteiger partial charge in [0.15, 0.2) is 0 Å². The average Bonchev–Trinajstić information content (AvgIpc) is 2.78. The standard InChI is InChI=1S/C13H17N3OS/c1-10(2)12-8-16(9-18-12)15-13(17)6-11-4-3-5-14-7-11/h3-5,7-8,10H,6,9H2,1-2H3,(H,15,17). The molecule has 1 amide bonds. The van der Waals surface area contributed by atoms with Crippen LogP contribution in [-0.4, -0.2) is 21.8 Å². The first kappa shape index (κ1) is 13.0. The van der Waals surface area contributed by atoms with Crippen LogP contribution in [0.4, 0.5) is 0 Å². The first-order valence-electron chi connectivity index (χ1n) is 5.94. The van der Waals surface area contributed by atoms with Crippen molar-refractivity contribution in [2.24, 2.45) is 5.92 Å². The fourth-order valence-electron chi connectivity index (χ4n) is 1.64. The summed E-state index contributed by atoms with van der Waals surface area (Å²) < 4.78 is 0. The van der Waals surface area contributed by atoms with E-state index in [2.05, 4.69) is 24.3 Å². The molecule has 0 saturated heterocycles. The molecule has 5 heteroatoms. The van der Waals surface area contributed by atoms with Crippen LogP contribution in [0, 0.1) is 5.92 Å². The molecule has 0 radical (unpaired) electrons. The fourth-order valence-corrected chi connectivity index (χ4v) is 2.60. The third-order valence-corrected chi connectivity index (χ3v) is 3.90. The minimum atomic E-state index is -0.00939. The molecule has 0 aliphatic carbocycles. The maximum Gasteiger partial charge on any atom is 0.242 e. The van der Waals surface area contributed by atoms with E-state index in [1.807, 2.05) is 23.3 Å². The number of hydrazine groups is 1. The highest BCUT2D eigenvalue weighted by molar-refractivity contribution is 8.03. The Morgan fingerprint density at radius 3 is 3.06 bits per heavy atom. The summed E-state index contributed by atoms with van der Waals surface area (Å²) in [5.41, 5.74) is 3.81. The van der Waals surface area contributed by atoms with Crippen molar-refractivity contribution in [2.45, 2.75) is 20.3 Å². The van der Waals surface area contributed by atoms with Crippen molar-refractivity contribution in [3.05, 3.63) is 41.2 Å². The number of nitrogens with one attached hydrogen (secondary N) is 1. The van der Waals surface area contributed by atoms with Gasteiger partial charge in [-0.25, -0.2) is 0 Å². The van der Waals surface area contributed by atoms with Crippen LogP contribution in [0.2, 0.25) is 0 Å². The lowest BCUT2D eigenvalue weighted by atomic mass is 10.2. The largest absolute Gasteiger partial charge is 0.282 e. The molecule has 1 aliphatic heterocycles. The first-order valence-corrected chi connectivity index (χ1v) is 6.93. The first-order chi connectivity index (χ1) is 8.65. The Kier molecular flexibility index (Phi) is 4.25. The van der Waals surface area contributed by atoms with Crippen LogP contribution in [0.15, 0.2) is 35.6 Å². The quantitative estimate of drug-likeness (QED) is 0.904. The van der Waals surface area contributed by atoms with Crippen molar-refractivity contribution in [2.75, 3.05) is 5.88 Å². The summed E-state index contributed by atoms with van der Waals surface area (Å²) in [6.07, 6.45) is 5.79. The molecule has 4 nitrogen and oxygen atoms in total. The van der Waals surface area contributed by atoms with Crippen LogP contribution in [0.1, 0.15) is 19.4 Å². The summed E-state index contributed by atoms with van der Waals surface area (Å²) in [5.74, 6) is 1.28. The molecule has 0 bridgehead atoms. The molecule has 0 atom stereocenters. The topological polar surface area (TPSA) is 45.2 Å². The molecule has 2 heterocycles. The van der Waals surface area contributed by atoms with Gasteiger partial charge in [0.1, 0.15) is 0 Å². The molecular formula is C13H17N3OS. The zero-order valence-electron chi connectivity index (χ0n) is 10.6. The van der Waals surface area contributed by atoms with Gasteiger partial charge in [0.2, 0.25) is 5.91 Å². The maximum atomic E-state index is 11.8. The number of carbonyl (C=O) groups is 1. The van der Waals surface area contributed by atoms with Crippen molar-refractivity contribution in [3.8, 4) is 0 Å². The molecular weight excluding hydrogens is 246 g/mol. The summed E-state index contributed by atoms with van der Waals surface area (Å²) in [4.78, 5) is 17.1. The van der Waals surface area contributed by atoms with Gasteiger partial charge in [0.05, 0.1) is 12.3 Å². The third kappa shape index (κ3) is 3.50. The Hall–Kier alpha value is -1.49. The molecule has 0 fully saturated rings. The number of hydrogen-bond acceptors (Lipinski definition) is 4. The second-order valence-electron chi connectivity index (χ2n) is 4.50. The summed E-state index contributed by atoms with van der Waals surface area (Å²) in [6, 6.07) is 3.74. The number of thioether (sulfide) groups is 1. The highest BCUT2D eigenvalue weighted by atomic mass is 32.2. The minimum Gasteiger partial charge on any atom is -0.282 e. The van der Waals surface area contributed by atoms with Crippen LogP contribution in [0.3, 0.4) is 0 Å². The van der Waals surface area contributed by atoms with Gasteiger partial charge >= 0.3 is 0 Å². The summed E-state index contributed by atoms with van der Waals surface area (Å²) in [6.45, 7) is 4.31. The SMILES string of the molecule is CC(C)C1=CN(NC(=O)Cc2cccnc2)CS1. The molecule has 0 unspecified atom stereocenters. The van der Waals surface area contributed by atoms with Gasteiger partial charge in [-0.1, -0.05) is 19.9 Å². The third-order valence-electron chi connectivity index (χ3n) is 2.58. The number of carbonyl (C=O) groups excluding carboxylic acids is 1. The zero-order chi connectivity index (χ0) is 13.0. The van der Waals surface area contributed by atoms with Crippen molar-refractivity contribution in [3.63, 3.8) is 0 Å². The second kappa shape index (κ2) is 5.91. The number of rotatable bonds is 4. The van der Waals surface area contributed by atoms with Crippen LogP contribution >= 0.6 is 11.8 Å². The Morgan fingerprint density at radius 1 is 1.61 bits per heavy atom. The van der Waals surface area contributed by atoms with Gasteiger partial charge in [-0.2, -0.15) is 0 Å². The molecule has 1 N–H and O–H groups in total. The number of amides is 1. The molecule has 2 rings (SSSR count). The number of nitrogens with zero attached hydrogens (tertiary/aromatic N) is 2. The van der Waals surface area contributed by atoms with E-state index in [0.717, 1.165) is 11.4 Å². The van der Waals surface area contributed by atoms with Gasteiger partial charge in [-0.15, -0.1) is 11.8 Å². The lowest BCUT2D eigenvalue weighted by Crippen LogP contribution is -2.37. The van der Waals surface area contributed by atoms with Crippen molar-refractivity contribution in [1.29, 1.82) is 0 Å². The van der Waals surface area contributed by atoms with Crippen LogP contribution in [0.5, 0.6) is 0 Å². The average molecular weight is 263 g/mol. The van der Waals surface area contributed by atoms with E-state index in [0.29, 0.717) is 12.3 Å². The van der Waals surface area contributed by atoms with Crippen molar-refractivity contribution in [1.82, 2.24) is 15.4 Å². The number of aromatic nitrogens is 1. The van der Waals surface area contributed by atoms with Gasteiger partial charge < -0.3 is 0 Å². The fraction of sp³-hybridized carbons (Fsp3) is 0.385. The van der Waals surface area contributed by atoms with Crippen LogP contribution in [0.25, 0.3) is 0 Å². The lowest BCUT2D eigenvalue weighted by Gasteiger charge is -2.15. The van der Waals surface area contributed by atoms with Gasteiger partial charge in [-0.3, -0.25) is 20.2 Å². The van der Waals surface area contributed by atoms with E-state index < -0.39 is 0 Å². The molecule has 96 valence electrons. The number of pyridine rings is 1. The maximum absolute atomic E-state index is 11.8. The van der Waals surface area contributed by atoms with E-state index in [1.165, 1.54) is 4.91 Å². The number of allylic oxidation sites excluding steroid dienone is 1. The van der Waals surface area contributed by atoms with E-state index in [9.17, 15) is 4.79 Å². The highest BCUT2D eigenvalue weighted by Crippen LogP contribution is 2.30. The second-order valence-corrected chi connectivity index (χ2v) is 5.52. The van der Waals surface area contributed by atoms with E-state index in [4.69, 9.17) is 0 Å². The van der Waals surface area contributed by atoms with Crippen molar-refractivity contribution < 1.29 is 4.79 Å². The number of hydrogen-bond donors (Lipinski definition) is 1. The van der Waals surface area contributed by atoms with Gasteiger partial charge in [-0.05, 0) is 17.5 Å². The molecule has 1 aromatic rings. The smallest absolute Gasteiger partial charge is 0.242 e. The zero-order valence-corrected chi connectivity index (χ0v) is 11.4. The highest BCUT2D eigenvalue weighted by Gasteiger charge is 2.17. The molecule has 1 aliphatic rings. The Morgan fingerprint density at radius 2 is 2.44 bits per heavy atom. The normalized spacial score (nSPS) is 14.8. The molecule has 0 spiro atoms. The van der Waals surface area contributed by atoms with Gasteiger partial charge in [0.25, 0.3) is 0 Å². The van der Waals surface area contributed by atoms with Crippen molar-refractivity contribution >= 4 is 17.7 Å². The van der Waals surface area contributed by atoms with Crippen LogP contribution in [-0.2, 0) is 11.2 Å². The summed E-state index contributed by atoms with van der Waals surface area (Å²) in [7, 11) is 0. The van der Waals surface area contributed by atoms with Crippen LogP contribution < -0.4 is 5.43 Å². The Balaban J connectivity index is 1.86. The monoisotopic (exact) mass is 263 g/mol. The molecule has 0 aromatic carbocycles. The van der Waals surface area contributed by atoms with Gasteiger partial charge in [0, 0.05) is 23.5 Å². The van der Waals surface area contributed by atoms with E-state index in [1.54, 1.807) is 24.2 Å². The molecule has 18 heavy (non-hydrogen) atoms. The minimum absolute atomic E-state index is 0.00939. The van der Waals surface area contributed by atoms with E-state index >= 15 is 0 Å². The Bertz CT molecular complexity index is 445. The van der Waals surface area contributed by atoms with E-state index in [-0.39, 0.29) is 5.91 Å². The molecule has 1 aromatic heterocycles. The summed E-state index contributed by atoms with van der Waals surface area (Å²) >= 11 is 1.77. The lowest BCUT2D eigenvalue weighted by molar-refractivity contribution is -0.123. The summed E-state index contributed by atoms with van der Waals surface area (Å²) in [5, 5.41) is 1.85. The predicted molar refractivity (Wildman–Crippen MR) is 73.3 cm³/mol. The Labute approximate surface area is 111 Å².